The Balaban J connectivity index is 2.12. The van der Waals surface area contributed by atoms with Crippen LogP contribution in [-0.4, -0.2) is 4.98 Å². The number of hydrogen-bond acceptors (Lipinski definition) is 2. The van der Waals surface area contributed by atoms with E-state index < -0.39 is 0 Å². The van der Waals surface area contributed by atoms with E-state index in [-0.39, 0.29) is 0 Å². The molecule has 23 heavy (non-hydrogen) atoms. The third kappa shape index (κ3) is 2.54. The molecule has 0 N–H and O–H groups in total. The van der Waals surface area contributed by atoms with Crippen LogP contribution in [0.15, 0.2) is 66.0 Å². The van der Waals surface area contributed by atoms with Crippen molar-refractivity contribution in [3.8, 4) is 21.7 Å². The molecule has 0 atom stereocenters. The van der Waals surface area contributed by atoms with Crippen molar-refractivity contribution in [1.29, 1.82) is 0 Å². The molecule has 112 valence electrons. The van der Waals surface area contributed by atoms with Gasteiger partial charge in [0.25, 0.3) is 0 Å². The molecule has 0 radical (unpaired) electrons. The van der Waals surface area contributed by atoms with Gasteiger partial charge in [-0.25, -0.2) is 4.98 Å². The predicted molar refractivity (Wildman–Crippen MR) is 100 cm³/mol. The summed E-state index contributed by atoms with van der Waals surface area (Å²) in [6, 6.07) is 20.5. The smallest absolute Gasteiger partial charge is 0.0844 e. The molecule has 0 saturated heterocycles. The van der Waals surface area contributed by atoms with Crippen molar-refractivity contribution >= 4 is 33.8 Å². The average molecular weight is 336 g/mol. The molecule has 0 saturated carbocycles. The predicted octanol–water partition coefficient (Wildman–Crippen LogP) is 6.59. The first-order valence-electron chi connectivity index (χ1n) is 7.43. The second-order valence-electron chi connectivity index (χ2n) is 5.47. The lowest BCUT2D eigenvalue weighted by Crippen LogP contribution is -1.94. The summed E-state index contributed by atoms with van der Waals surface area (Å²) in [5.41, 5.74) is 5.61. The summed E-state index contributed by atoms with van der Waals surface area (Å²) in [5, 5.41) is 3.92. The van der Waals surface area contributed by atoms with E-state index in [2.05, 4.69) is 48.7 Å². The zero-order chi connectivity index (χ0) is 15.8. The van der Waals surface area contributed by atoms with Gasteiger partial charge in [-0.1, -0.05) is 48.0 Å². The minimum Gasteiger partial charge on any atom is -0.247 e. The lowest BCUT2D eigenvalue weighted by molar-refractivity contribution is 1.34. The lowest BCUT2D eigenvalue weighted by atomic mass is 9.94. The third-order valence-electron chi connectivity index (χ3n) is 4.01. The molecule has 0 spiro atoms. The van der Waals surface area contributed by atoms with Gasteiger partial charge < -0.3 is 0 Å². The Morgan fingerprint density at radius 3 is 2.52 bits per heavy atom. The van der Waals surface area contributed by atoms with Gasteiger partial charge in [-0.15, -0.1) is 11.3 Å². The van der Waals surface area contributed by atoms with Crippen LogP contribution in [0.5, 0.6) is 0 Å². The molecule has 0 aliphatic carbocycles. The minimum atomic E-state index is 0.736. The van der Waals surface area contributed by atoms with Crippen LogP contribution >= 0.6 is 22.9 Å². The van der Waals surface area contributed by atoms with E-state index in [9.17, 15) is 0 Å². The van der Waals surface area contributed by atoms with Crippen LogP contribution in [0.3, 0.4) is 0 Å². The fourth-order valence-electron chi connectivity index (χ4n) is 2.96. The van der Waals surface area contributed by atoms with Gasteiger partial charge in [0, 0.05) is 10.4 Å². The van der Waals surface area contributed by atoms with E-state index in [1.54, 1.807) is 11.3 Å². The highest BCUT2D eigenvalue weighted by molar-refractivity contribution is 7.13. The zero-order valence-corrected chi connectivity index (χ0v) is 14.2. The Labute approximate surface area is 144 Å². The molecule has 0 bridgehead atoms. The lowest BCUT2D eigenvalue weighted by Gasteiger charge is -2.14. The van der Waals surface area contributed by atoms with Gasteiger partial charge in [0.2, 0.25) is 0 Å². The maximum atomic E-state index is 6.24. The first-order valence-corrected chi connectivity index (χ1v) is 8.69. The van der Waals surface area contributed by atoms with Crippen molar-refractivity contribution in [3.63, 3.8) is 0 Å². The molecule has 0 fully saturated rings. The maximum absolute atomic E-state index is 6.24. The molecular formula is C20H14ClNS. The molecule has 4 aromatic rings. The summed E-state index contributed by atoms with van der Waals surface area (Å²) in [6.45, 7) is 2.14. The van der Waals surface area contributed by atoms with Gasteiger partial charge in [0.15, 0.2) is 0 Å². The number of aromatic nitrogens is 1. The second kappa shape index (κ2) is 5.80. The Bertz CT molecular complexity index is 976. The summed E-state index contributed by atoms with van der Waals surface area (Å²) in [4.78, 5) is 6.09. The van der Waals surface area contributed by atoms with Crippen LogP contribution in [0.4, 0.5) is 0 Å². The fraction of sp³-hybridized carbons (Fsp3) is 0.0500. The van der Waals surface area contributed by atoms with Gasteiger partial charge in [0.05, 0.1) is 16.1 Å². The molecule has 0 aliphatic heterocycles. The number of rotatable bonds is 2. The van der Waals surface area contributed by atoms with Crippen LogP contribution < -0.4 is 0 Å². The van der Waals surface area contributed by atoms with Crippen molar-refractivity contribution in [1.82, 2.24) is 4.98 Å². The number of benzene rings is 2. The molecule has 0 amide bonds. The monoisotopic (exact) mass is 335 g/mol. The summed E-state index contributed by atoms with van der Waals surface area (Å²) >= 11 is 7.96. The number of hydrogen-bond donors (Lipinski definition) is 0. The normalized spacial score (nSPS) is 11.0. The Kier molecular flexibility index (Phi) is 3.64. The van der Waals surface area contributed by atoms with E-state index in [0.717, 1.165) is 21.6 Å². The molecule has 2 aromatic heterocycles. The Morgan fingerprint density at radius 2 is 1.78 bits per heavy atom. The van der Waals surface area contributed by atoms with Gasteiger partial charge in [-0.3, -0.25) is 0 Å². The first kappa shape index (κ1) is 14.4. The topological polar surface area (TPSA) is 12.9 Å². The van der Waals surface area contributed by atoms with Gasteiger partial charge in [-0.2, -0.15) is 0 Å². The maximum Gasteiger partial charge on any atom is 0.0844 e. The SMILES string of the molecule is Cc1c(-c2cccs2)nc2ccc(Cl)cc2c1-c1ccccc1. The van der Waals surface area contributed by atoms with E-state index in [4.69, 9.17) is 16.6 Å². The van der Waals surface area contributed by atoms with Gasteiger partial charge >= 0.3 is 0 Å². The van der Waals surface area contributed by atoms with Crippen molar-refractivity contribution in [2.45, 2.75) is 6.92 Å². The van der Waals surface area contributed by atoms with Gasteiger partial charge in [0.1, 0.15) is 0 Å². The van der Waals surface area contributed by atoms with Crippen molar-refractivity contribution < 1.29 is 0 Å². The number of pyridine rings is 1. The number of nitrogens with zero attached hydrogens (tertiary/aromatic N) is 1. The van der Waals surface area contributed by atoms with Gasteiger partial charge in [-0.05, 0) is 53.3 Å². The van der Waals surface area contributed by atoms with Crippen molar-refractivity contribution in [3.05, 3.63) is 76.6 Å². The van der Waals surface area contributed by atoms with Crippen molar-refractivity contribution in [2.24, 2.45) is 0 Å². The second-order valence-corrected chi connectivity index (χ2v) is 6.85. The highest BCUT2D eigenvalue weighted by Crippen LogP contribution is 2.38. The largest absolute Gasteiger partial charge is 0.247 e. The quantitative estimate of drug-likeness (QED) is 0.402. The van der Waals surface area contributed by atoms with E-state index in [0.29, 0.717) is 0 Å². The van der Waals surface area contributed by atoms with Crippen molar-refractivity contribution in [2.75, 3.05) is 0 Å². The van der Waals surface area contributed by atoms with Crippen LogP contribution in [0.25, 0.3) is 32.6 Å². The van der Waals surface area contributed by atoms with E-state index in [1.807, 2.05) is 24.3 Å². The molecule has 1 nitrogen and oxygen atoms in total. The zero-order valence-electron chi connectivity index (χ0n) is 12.6. The van der Waals surface area contributed by atoms with E-state index >= 15 is 0 Å². The number of fused-ring (bicyclic) bond motifs is 1. The van der Waals surface area contributed by atoms with Crippen LogP contribution in [-0.2, 0) is 0 Å². The fourth-order valence-corrected chi connectivity index (χ4v) is 3.90. The van der Waals surface area contributed by atoms with E-state index in [1.165, 1.54) is 21.6 Å². The molecule has 2 heterocycles. The Hall–Kier alpha value is -2.16. The molecule has 0 unspecified atom stereocenters. The minimum absolute atomic E-state index is 0.736. The van der Waals surface area contributed by atoms with Crippen LogP contribution in [0.1, 0.15) is 5.56 Å². The molecule has 4 rings (SSSR count). The standard InChI is InChI=1S/C20H14ClNS/c1-13-19(14-6-3-2-4-7-14)16-12-15(21)9-10-17(16)22-20(13)18-8-5-11-23-18/h2-12H,1H3. The molecular weight excluding hydrogens is 322 g/mol. The summed E-state index contributed by atoms with van der Waals surface area (Å²) in [7, 11) is 0. The van der Waals surface area contributed by atoms with Crippen LogP contribution in [0.2, 0.25) is 5.02 Å². The van der Waals surface area contributed by atoms with Crippen LogP contribution in [0, 0.1) is 6.92 Å². The highest BCUT2D eigenvalue weighted by atomic mass is 35.5. The molecule has 2 aromatic carbocycles. The number of halogens is 1. The summed E-state index contributed by atoms with van der Waals surface area (Å²) in [5.74, 6) is 0. The summed E-state index contributed by atoms with van der Waals surface area (Å²) < 4.78 is 0. The summed E-state index contributed by atoms with van der Waals surface area (Å²) in [6.07, 6.45) is 0. The Morgan fingerprint density at radius 1 is 0.957 bits per heavy atom. The molecule has 0 aliphatic rings. The molecule has 3 heteroatoms. The third-order valence-corrected chi connectivity index (χ3v) is 5.12. The average Bonchev–Trinajstić information content (AvgIpc) is 3.09. The number of thiophene rings is 1. The highest BCUT2D eigenvalue weighted by Gasteiger charge is 2.15. The first-order chi connectivity index (χ1) is 11.2.